The van der Waals surface area contributed by atoms with Crippen LogP contribution < -0.4 is 0 Å². The number of alkyl halides is 2. The minimum atomic E-state index is -4.84. The van der Waals surface area contributed by atoms with Crippen molar-refractivity contribution in [2.45, 2.75) is 59.4 Å². The van der Waals surface area contributed by atoms with E-state index in [1.807, 2.05) is 0 Å². The molecule has 0 N–H and O–H groups in total. The Bertz CT molecular complexity index is 387. The van der Waals surface area contributed by atoms with Gasteiger partial charge in [0.2, 0.25) is 6.54 Å². The maximum Gasteiger partial charge on any atom is 0.400 e. The van der Waals surface area contributed by atoms with Crippen LogP contribution in [0, 0.1) is 22.0 Å². The van der Waals surface area contributed by atoms with Crippen molar-refractivity contribution in [2.75, 3.05) is 6.54 Å². The zero-order valence-corrected chi connectivity index (χ0v) is 14.1. The first-order valence-corrected chi connectivity index (χ1v) is 8.34. The highest BCUT2D eigenvalue weighted by molar-refractivity contribution is 7.55. The van der Waals surface area contributed by atoms with Gasteiger partial charge in [-0.2, -0.15) is 8.78 Å². The molecule has 0 aliphatic carbocycles. The van der Waals surface area contributed by atoms with Crippen LogP contribution in [0.3, 0.4) is 0 Å². The fourth-order valence-electron chi connectivity index (χ4n) is 1.81. The third kappa shape index (κ3) is 5.60. The predicted octanol–water partition coefficient (Wildman–Crippen LogP) is 4.17. The van der Waals surface area contributed by atoms with Gasteiger partial charge in [-0.25, -0.2) is 0 Å². The summed E-state index contributed by atoms with van der Waals surface area (Å²) in [7, 11) is -4.84. The smallest absolute Gasteiger partial charge is 0.302 e. The van der Waals surface area contributed by atoms with Gasteiger partial charge in [0, 0.05) is 4.92 Å². The summed E-state index contributed by atoms with van der Waals surface area (Å²) in [4.78, 5) is 9.79. The Morgan fingerprint density at radius 1 is 1.10 bits per heavy atom. The van der Waals surface area contributed by atoms with Gasteiger partial charge < -0.3 is 9.05 Å². The first-order chi connectivity index (χ1) is 9.33. The van der Waals surface area contributed by atoms with E-state index in [1.54, 1.807) is 0 Å². The van der Waals surface area contributed by atoms with Gasteiger partial charge >= 0.3 is 13.3 Å². The Labute approximate surface area is 123 Å². The minimum Gasteiger partial charge on any atom is -0.302 e. The second-order valence-electron chi connectivity index (χ2n) is 5.76. The van der Waals surface area contributed by atoms with Crippen molar-refractivity contribution in [3.8, 4) is 0 Å². The van der Waals surface area contributed by atoms with Crippen LogP contribution in [0.5, 0.6) is 0 Å². The normalized spacial score (nSPS) is 15.0. The van der Waals surface area contributed by atoms with Gasteiger partial charge in [0.15, 0.2) is 0 Å². The van der Waals surface area contributed by atoms with Crippen molar-refractivity contribution in [3.63, 3.8) is 0 Å². The van der Waals surface area contributed by atoms with Crippen LogP contribution in [0.1, 0.15) is 41.5 Å². The summed E-state index contributed by atoms with van der Waals surface area (Å²) in [5.74, 6) is -2.50. The summed E-state index contributed by atoms with van der Waals surface area (Å²) in [6.45, 7) is 7.62. The van der Waals surface area contributed by atoms with Crippen molar-refractivity contribution in [3.05, 3.63) is 10.1 Å². The van der Waals surface area contributed by atoms with E-state index in [9.17, 15) is 23.5 Å². The third-order valence-corrected chi connectivity index (χ3v) is 5.12. The van der Waals surface area contributed by atoms with Crippen molar-refractivity contribution >= 4 is 7.60 Å². The molecule has 0 amide bonds. The molecule has 0 aromatic rings. The summed E-state index contributed by atoms with van der Waals surface area (Å²) >= 11 is 0. The molecular formula is C12H24F2NO5P. The monoisotopic (exact) mass is 331 g/mol. The number of rotatable bonds is 9. The third-order valence-electron chi connectivity index (χ3n) is 2.66. The number of nitro groups is 1. The highest BCUT2D eigenvalue weighted by Gasteiger charge is 2.61. The van der Waals surface area contributed by atoms with Gasteiger partial charge in [-0.15, -0.1) is 0 Å². The zero-order chi connectivity index (χ0) is 17.0. The minimum absolute atomic E-state index is 0.759. The number of hydrogen-bond acceptors (Lipinski definition) is 5. The second kappa shape index (κ2) is 7.61. The molecule has 0 saturated carbocycles. The van der Waals surface area contributed by atoms with Crippen LogP contribution in [-0.2, 0) is 13.6 Å². The predicted molar refractivity (Wildman–Crippen MR) is 75.2 cm³/mol. The molecule has 0 aromatic heterocycles. The van der Waals surface area contributed by atoms with Crippen LogP contribution in [0.4, 0.5) is 8.78 Å². The SMILES string of the molecule is CC(C)OP(=O)(OC(C)C)C(F)(F)C(C[N+](=O)[O-])C(C)C. The quantitative estimate of drug-likeness (QED) is 0.360. The fourth-order valence-corrected chi connectivity index (χ4v) is 4.03. The van der Waals surface area contributed by atoms with Crippen LogP contribution in [0.25, 0.3) is 0 Å². The molecule has 126 valence electrons. The molecule has 6 nitrogen and oxygen atoms in total. The van der Waals surface area contributed by atoms with Crippen LogP contribution in [-0.4, -0.2) is 29.3 Å². The molecule has 0 saturated heterocycles. The topological polar surface area (TPSA) is 78.7 Å². The summed E-state index contributed by atoms with van der Waals surface area (Å²) in [5, 5.41) is 10.6. The van der Waals surface area contributed by atoms with Crippen molar-refractivity contribution < 1.29 is 27.3 Å². The van der Waals surface area contributed by atoms with E-state index in [2.05, 4.69) is 0 Å². The number of hydrogen-bond donors (Lipinski definition) is 0. The Hall–Kier alpha value is -0.590. The molecule has 0 fully saturated rings. The first kappa shape index (κ1) is 20.4. The number of halogens is 2. The van der Waals surface area contributed by atoms with Gasteiger partial charge in [-0.3, -0.25) is 14.7 Å². The lowest BCUT2D eigenvalue weighted by molar-refractivity contribution is -0.494. The van der Waals surface area contributed by atoms with E-state index >= 15 is 0 Å². The van der Waals surface area contributed by atoms with Gasteiger partial charge in [0.05, 0.1) is 12.2 Å². The molecule has 0 heterocycles. The molecule has 0 rings (SSSR count). The summed E-state index contributed by atoms with van der Waals surface area (Å²) in [5.41, 5.74) is -3.94. The molecule has 0 bridgehead atoms. The zero-order valence-electron chi connectivity index (χ0n) is 13.2. The molecule has 0 spiro atoms. The van der Waals surface area contributed by atoms with Crippen LogP contribution in [0.15, 0.2) is 0 Å². The van der Waals surface area contributed by atoms with Gasteiger partial charge in [0.25, 0.3) is 0 Å². The van der Waals surface area contributed by atoms with Crippen LogP contribution >= 0.6 is 7.60 Å². The Kier molecular flexibility index (Phi) is 7.39. The highest BCUT2D eigenvalue weighted by atomic mass is 31.2. The average Bonchev–Trinajstić information content (AvgIpc) is 2.22. The van der Waals surface area contributed by atoms with E-state index in [4.69, 9.17) is 9.05 Å². The second-order valence-corrected chi connectivity index (χ2v) is 7.77. The van der Waals surface area contributed by atoms with E-state index < -0.39 is 48.8 Å². The van der Waals surface area contributed by atoms with E-state index in [0.717, 1.165) is 0 Å². The van der Waals surface area contributed by atoms with E-state index in [1.165, 1.54) is 41.5 Å². The standard InChI is InChI=1S/C12H24F2NO5P/c1-8(2)11(7-15(16)17)12(13,14)21(18,19-9(3)4)20-10(5)6/h8-11H,7H2,1-6H3. The molecule has 1 unspecified atom stereocenters. The lowest BCUT2D eigenvalue weighted by atomic mass is 9.96. The first-order valence-electron chi connectivity index (χ1n) is 6.80. The van der Waals surface area contributed by atoms with E-state index in [-0.39, 0.29) is 0 Å². The molecular weight excluding hydrogens is 307 g/mol. The molecule has 0 aromatic carbocycles. The van der Waals surface area contributed by atoms with Gasteiger partial charge in [0.1, 0.15) is 5.92 Å². The lowest BCUT2D eigenvalue weighted by Crippen LogP contribution is -2.39. The summed E-state index contributed by atoms with van der Waals surface area (Å²) < 4.78 is 51.6. The Morgan fingerprint density at radius 2 is 1.48 bits per heavy atom. The molecule has 0 aliphatic heterocycles. The fraction of sp³-hybridized carbons (Fsp3) is 1.00. The average molecular weight is 331 g/mol. The van der Waals surface area contributed by atoms with Crippen molar-refractivity contribution in [1.29, 1.82) is 0 Å². The van der Waals surface area contributed by atoms with Gasteiger partial charge in [-0.05, 0) is 33.6 Å². The Morgan fingerprint density at radius 3 is 1.71 bits per heavy atom. The van der Waals surface area contributed by atoms with Crippen LogP contribution in [0.2, 0.25) is 0 Å². The molecule has 1 atom stereocenters. The van der Waals surface area contributed by atoms with E-state index in [0.29, 0.717) is 0 Å². The molecule has 0 aliphatic rings. The van der Waals surface area contributed by atoms with Crippen molar-refractivity contribution in [2.24, 2.45) is 11.8 Å². The summed E-state index contributed by atoms with van der Waals surface area (Å²) in [6, 6.07) is 0. The highest BCUT2D eigenvalue weighted by Crippen LogP contribution is 2.66. The number of nitrogens with zero attached hydrogens (tertiary/aromatic N) is 1. The maximum atomic E-state index is 14.7. The molecule has 0 radical (unpaired) electrons. The van der Waals surface area contributed by atoms with Gasteiger partial charge in [-0.1, -0.05) is 13.8 Å². The molecule has 21 heavy (non-hydrogen) atoms. The lowest BCUT2D eigenvalue weighted by Gasteiger charge is -2.34. The molecule has 9 heteroatoms. The van der Waals surface area contributed by atoms with Crippen molar-refractivity contribution in [1.82, 2.24) is 0 Å². The Balaban J connectivity index is 5.68. The summed E-state index contributed by atoms with van der Waals surface area (Å²) in [6.07, 6.45) is -1.52. The maximum absolute atomic E-state index is 14.7. The largest absolute Gasteiger partial charge is 0.400 e.